The number of fused-ring (bicyclic) bond motifs is 1. The monoisotopic (exact) mass is 492 g/mol. The molecule has 4 N–H and O–H groups in total. The minimum absolute atomic E-state index is 0.0581. The maximum absolute atomic E-state index is 13.1. The highest BCUT2D eigenvalue weighted by atomic mass is 16.2. The quantitative estimate of drug-likeness (QED) is 0.307. The average molecular weight is 492 g/mol. The molecule has 0 aliphatic carbocycles. The van der Waals surface area contributed by atoms with Crippen molar-refractivity contribution in [3.05, 3.63) is 41.3 Å². The maximum atomic E-state index is 13.1. The SMILES string of the molecule is Cn1cnc(C#N)c1NC(=O)NCCCCNc1cccc2c1C(=O)N(C1CCC(=O)NC1=O)C2=O. The van der Waals surface area contributed by atoms with Crippen molar-refractivity contribution in [1.29, 1.82) is 5.26 Å². The van der Waals surface area contributed by atoms with E-state index in [0.29, 0.717) is 37.4 Å². The van der Waals surface area contributed by atoms with Crippen molar-refractivity contribution in [3.63, 3.8) is 0 Å². The number of aromatic nitrogens is 2. The number of piperidine rings is 1. The van der Waals surface area contributed by atoms with Crippen molar-refractivity contribution < 1.29 is 24.0 Å². The summed E-state index contributed by atoms with van der Waals surface area (Å²) in [5, 5.41) is 19.7. The summed E-state index contributed by atoms with van der Waals surface area (Å²) in [7, 11) is 1.66. The molecule has 13 nitrogen and oxygen atoms in total. The number of carbonyl (C=O) groups excluding carboxylic acids is 5. The van der Waals surface area contributed by atoms with Gasteiger partial charge in [-0.1, -0.05) is 6.07 Å². The van der Waals surface area contributed by atoms with Gasteiger partial charge < -0.3 is 15.2 Å². The summed E-state index contributed by atoms with van der Waals surface area (Å²) in [6.07, 6.45) is 2.86. The van der Waals surface area contributed by atoms with E-state index in [4.69, 9.17) is 5.26 Å². The first-order valence-corrected chi connectivity index (χ1v) is 11.4. The minimum atomic E-state index is -1.02. The molecule has 1 unspecified atom stereocenters. The Bertz CT molecular complexity index is 1290. The van der Waals surface area contributed by atoms with Gasteiger partial charge in [0.15, 0.2) is 11.5 Å². The molecule has 0 saturated carbocycles. The fourth-order valence-electron chi connectivity index (χ4n) is 4.15. The van der Waals surface area contributed by atoms with Crippen LogP contribution in [-0.4, -0.2) is 63.2 Å². The van der Waals surface area contributed by atoms with Crippen LogP contribution in [0.1, 0.15) is 52.1 Å². The highest BCUT2D eigenvalue weighted by Gasteiger charge is 2.45. The number of rotatable bonds is 8. The Balaban J connectivity index is 1.28. The molecule has 0 radical (unpaired) electrons. The molecule has 13 heteroatoms. The molecule has 1 aromatic heterocycles. The first kappa shape index (κ1) is 24.4. The highest BCUT2D eigenvalue weighted by molar-refractivity contribution is 6.25. The number of amides is 6. The van der Waals surface area contributed by atoms with Gasteiger partial charge in [-0.15, -0.1) is 0 Å². The Morgan fingerprint density at radius 3 is 2.72 bits per heavy atom. The van der Waals surface area contributed by atoms with Crippen molar-refractivity contribution in [2.75, 3.05) is 23.7 Å². The fraction of sp³-hybridized carbons (Fsp3) is 0.348. The van der Waals surface area contributed by atoms with E-state index in [9.17, 15) is 24.0 Å². The molecule has 3 heterocycles. The average Bonchev–Trinajstić information content (AvgIpc) is 3.33. The van der Waals surface area contributed by atoms with Gasteiger partial charge >= 0.3 is 6.03 Å². The number of nitrogens with zero attached hydrogens (tertiary/aromatic N) is 4. The molecule has 1 saturated heterocycles. The van der Waals surface area contributed by atoms with Crippen molar-refractivity contribution in [2.24, 2.45) is 7.05 Å². The van der Waals surface area contributed by atoms with E-state index in [-0.39, 0.29) is 29.7 Å². The molecule has 1 atom stereocenters. The number of imidazole rings is 1. The topological polar surface area (TPSA) is 178 Å². The van der Waals surface area contributed by atoms with Gasteiger partial charge in [0.1, 0.15) is 12.1 Å². The van der Waals surface area contributed by atoms with Gasteiger partial charge in [-0.25, -0.2) is 9.78 Å². The summed E-state index contributed by atoms with van der Waals surface area (Å²) >= 11 is 0. The van der Waals surface area contributed by atoms with E-state index < -0.39 is 35.7 Å². The van der Waals surface area contributed by atoms with E-state index in [1.165, 1.54) is 17.0 Å². The third kappa shape index (κ3) is 4.74. The summed E-state index contributed by atoms with van der Waals surface area (Å²) in [4.78, 5) is 66.5. The Labute approximate surface area is 205 Å². The van der Waals surface area contributed by atoms with Crippen LogP contribution in [0.25, 0.3) is 0 Å². The number of imide groups is 2. The molecule has 0 bridgehead atoms. The second-order valence-corrected chi connectivity index (χ2v) is 8.35. The van der Waals surface area contributed by atoms with Crippen LogP contribution in [0.15, 0.2) is 24.5 Å². The van der Waals surface area contributed by atoms with Crippen LogP contribution in [0.4, 0.5) is 16.3 Å². The molecular weight excluding hydrogens is 468 g/mol. The van der Waals surface area contributed by atoms with Crippen LogP contribution in [-0.2, 0) is 16.6 Å². The van der Waals surface area contributed by atoms with Gasteiger partial charge in [0.05, 0.1) is 17.5 Å². The minimum Gasteiger partial charge on any atom is -0.384 e. The second-order valence-electron chi connectivity index (χ2n) is 8.35. The smallest absolute Gasteiger partial charge is 0.320 e. The van der Waals surface area contributed by atoms with Crippen LogP contribution in [0.2, 0.25) is 0 Å². The van der Waals surface area contributed by atoms with Gasteiger partial charge in [0, 0.05) is 32.2 Å². The lowest BCUT2D eigenvalue weighted by atomic mass is 10.0. The van der Waals surface area contributed by atoms with Gasteiger partial charge in [0.25, 0.3) is 11.8 Å². The summed E-state index contributed by atoms with van der Waals surface area (Å²) in [6, 6.07) is 5.31. The first-order chi connectivity index (χ1) is 17.3. The van der Waals surface area contributed by atoms with Crippen molar-refractivity contribution in [2.45, 2.75) is 31.7 Å². The van der Waals surface area contributed by atoms with E-state index in [1.807, 2.05) is 6.07 Å². The normalized spacial score (nSPS) is 16.9. The number of unbranched alkanes of at least 4 members (excludes halogenated alkanes) is 1. The lowest BCUT2D eigenvalue weighted by Crippen LogP contribution is -2.54. The van der Waals surface area contributed by atoms with Crippen molar-refractivity contribution in [3.8, 4) is 6.07 Å². The summed E-state index contributed by atoms with van der Waals surface area (Å²) in [5.41, 5.74) is 1.01. The van der Waals surface area contributed by atoms with Crippen molar-refractivity contribution in [1.82, 2.24) is 25.1 Å². The Hall–Kier alpha value is -4.73. The number of carbonyl (C=O) groups is 5. The Morgan fingerprint density at radius 2 is 1.97 bits per heavy atom. The third-order valence-corrected chi connectivity index (χ3v) is 5.95. The van der Waals surface area contributed by atoms with Crippen molar-refractivity contribution >= 4 is 41.2 Å². The number of benzene rings is 1. The van der Waals surface area contributed by atoms with E-state index in [2.05, 4.69) is 26.3 Å². The number of hydrogen-bond acceptors (Lipinski definition) is 8. The number of nitrogens with one attached hydrogen (secondary N) is 4. The van der Waals surface area contributed by atoms with Crippen LogP contribution < -0.4 is 21.3 Å². The van der Waals surface area contributed by atoms with Crippen LogP contribution in [0.3, 0.4) is 0 Å². The fourth-order valence-corrected chi connectivity index (χ4v) is 4.15. The lowest BCUT2D eigenvalue weighted by Gasteiger charge is -2.27. The molecule has 2 aliphatic rings. The molecule has 1 fully saturated rings. The molecule has 4 rings (SSSR count). The zero-order valence-electron chi connectivity index (χ0n) is 19.5. The van der Waals surface area contributed by atoms with E-state index >= 15 is 0 Å². The van der Waals surface area contributed by atoms with Gasteiger partial charge in [0.2, 0.25) is 11.8 Å². The first-order valence-electron chi connectivity index (χ1n) is 11.4. The van der Waals surface area contributed by atoms with Gasteiger partial charge in [-0.3, -0.25) is 34.7 Å². The molecular formula is C23H24N8O5. The summed E-state index contributed by atoms with van der Waals surface area (Å²) < 4.78 is 1.54. The second kappa shape index (κ2) is 10.3. The largest absolute Gasteiger partial charge is 0.384 e. The Kier molecular flexibility index (Phi) is 6.95. The van der Waals surface area contributed by atoms with Crippen LogP contribution in [0, 0.1) is 11.3 Å². The zero-order chi connectivity index (χ0) is 25.8. The van der Waals surface area contributed by atoms with E-state index in [1.54, 1.807) is 19.2 Å². The van der Waals surface area contributed by atoms with Crippen LogP contribution >= 0.6 is 0 Å². The molecule has 6 amide bonds. The molecule has 186 valence electrons. The molecule has 36 heavy (non-hydrogen) atoms. The van der Waals surface area contributed by atoms with Gasteiger partial charge in [-0.2, -0.15) is 5.26 Å². The van der Waals surface area contributed by atoms with Crippen LogP contribution in [0.5, 0.6) is 0 Å². The van der Waals surface area contributed by atoms with E-state index in [0.717, 1.165) is 4.90 Å². The summed E-state index contributed by atoms with van der Waals surface area (Å²) in [6.45, 7) is 0.848. The summed E-state index contributed by atoms with van der Waals surface area (Å²) in [5.74, 6) is -1.90. The van der Waals surface area contributed by atoms with Gasteiger partial charge in [-0.05, 0) is 31.4 Å². The molecule has 2 aromatic rings. The third-order valence-electron chi connectivity index (χ3n) is 5.95. The molecule has 0 spiro atoms. The maximum Gasteiger partial charge on any atom is 0.320 e. The molecule has 2 aliphatic heterocycles. The highest BCUT2D eigenvalue weighted by Crippen LogP contribution is 2.32. The number of nitriles is 1. The zero-order valence-corrected chi connectivity index (χ0v) is 19.5. The predicted molar refractivity (Wildman–Crippen MR) is 126 cm³/mol. The number of urea groups is 1. The standard InChI is InChI=1S/C23H24N8O5/c1-30-12-27-15(11-24)19(30)29-23(36)26-10-3-2-9-25-14-6-4-5-13-18(14)22(35)31(21(13)34)16-7-8-17(32)28-20(16)33/h4-6,12,16,25H,2-3,7-10H2,1H3,(H2,26,29,36)(H,28,32,33). The predicted octanol–water partition coefficient (Wildman–Crippen LogP) is 0.707. The lowest BCUT2D eigenvalue weighted by molar-refractivity contribution is -0.136. The Morgan fingerprint density at radius 1 is 1.19 bits per heavy atom. The number of anilines is 2. The number of aryl methyl sites for hydroxylation is 1. The molecule has 1 aromatic carbocycles. The number of hydrogen-bond donors (Lipinski definition) is 4.